The number of aryl methyl sites for hydroxylation is 2. The summed E-state index contributed by atoms with van der Waals surface area (Å²) in [6.07, 6.45) is 0. The molecular weight excluding hydrogens is 322 g/mol. The van der Waals surface area contributed by atoms with Crippen LogP contribution >= 0.6 is 8.58 Å². The topological polar surface area (TPSA) is 26.3 Å². The Hall–Kier alpha value is -1.84. The third kappa shape index (κ3) is 5.07. The van der Waals surface area contributed by atoms with Crippen LogP contribution in [0.4, 0.5) is 0 Å². The summed E-state index contributed by atoms with van der Waals surface area (Å²) in [6.45, 7) is 3.98. The summed E-state index contributed by atoms with van der Waals surface area (Å²) in [5, 5.41) is 1.02. The van der Waals surface area contributed by atoms with Crippen molar-refractivity contribution in [3.63, 3.8) is 0 Å². The normalized spacial score (nSPS) is 10.5. The second-order valence-electron chi connectivity index (χ2n) is 5.66. The van der Waals surface area contributed by atoms with Crippen LogP contribution < -0.4 is 10.0 Å². The first-order valence-electron chi connectivity index (χ1n) is 7.84. The summed E-state index contributed by atoms with van der Waals surface area (Å²) in [6, 6.07) is 23.4. The van der Waals surface area contributed by atoms with Gasteiger partial charge < -0.3 is 4.74 Å². The van der Waals surface area contributed by atoms with E-state index in [4.69, 9.17) is 4.74 Å². The van der Waals surface area contributed by atoms with E-state index in [9.17, 15) is 4.79 Å². The molecule has 0 aromatic heterocycles. The predicted molar refractivity (Wildman–Crippen MR) is 107 cm³/mol. The summed E-state index contributed by atoms with van der Waals surface area (Å²) >= 11 is 0. The van der Waals surface area contributed by atoms with Crippen LogP contribution in [0.2, 0.25) is 0 Å². The fraction of sp³-hybridized carbons (Fsp3) is 0.0952. The van der Waals surface area contributed by atoms with Gasteiger partial charge in [-0.05, 0) is 63.1 Å². The van der Waals surface area contributed by atoms with Gasteiger partial charge in [0.25, 0.3) is 0 Å². The number of hydrogen-bond donors (Lipinski definition) is 0. The first-order valence-corrected chi connectivity index (χ1v) is 8.84. The molecular formula is C21H19LiO2P. The molecule has 0 spiro atoms. The molecule has 0 saturated heterocycles. The molecule has 2 nitrogen and oxygen atoms in total. The number of hydrogen-bond acceptors (Lipinski definition) is 2. The number of para-hydroxylation sites is 1. The molecule has 0 amide bonds. The number of rotatable bonds is 5. The van der Waals surface area contributed by atoms with Crippen LogP contribution in [0.15, 0.2) is 72.8 Å². The van der Waals surface area contributed by atoms with Crippen molar-refractivity contribution in [2.45, 2.75) is 13.8 Å². The molecule has 0 aliphatic heterocycles. The molecule has 1 radical (unpaired) electrons. The fourth-order valence-electron chi connectivity index (χ4n) is 2.60. The molecule has 25 heavy (non-hydrogen) atoms. The Bertz CT molecular complexity index is 825. The zero-order valence-corrected chi connectivity index (χ0v) is 15.7. The summed E-state index contributed by atoms with van der Waals surface area (Å²) in [5.41, 5.74) is 3.11. The minimum atomic E-state index is 0. The van der Waals surface area contributed by atoms with E-state index in [1.165, 1.54) is 0 Å². The van der Waals surface area contributed by atoms with Crippen LogP contribution in [-0.2, 0) is 0 Å². The number of benzene rings is 3. The minimum absolute atomic E-state index is 0. The molecule has 0 bridgehead atoms. The Kier molecular flexibility index (Phi) is 7.03. The standard InChI is InChI=1S/C21H19O2P.Li/c1-15-7-6-8-16(2)20(15)21(22)24-19-13-11-18(12-14-19)23-17-9-4-3-5-10-17;/h3-14,24H,1-2H3;. The van der Waals surface area contributed by atoms with Gasteiger partial charge in [0, 0.05) is 24.4 Å². The van der Waals surface area contributed by atoms with Crippen LogP contribution in [0.25, 0.3) is 0 Å². The predicted octanol–water partition coefficient (Wildman–Crippen LogP) is 4.86. The van der Waals surface area contributed by atoms with Crippen molar-refractivity contribution in [2.24, 2.45) is 0 Å². The van der Waals surface area contributed by atoms with Gasteiger partial charge in [0.2, 0.25) is 0 Å². The van der Waals surface area contributed by atoms with E-state index in [2.05, 4.69) is 0 Å². The van der Waals surface area contributed by atoms with E-state index < -0.39 is 0 Å². The van der Waals surface area contributed by atoms with Gasteiger partial charge in [-0.3, -0.25) is 4.79 Å². The minimum Gasteiger partial charge on any atom is -0.457 e. The molecule has 0 heterocycles. The van der Waals surface area contributed by atoms with Crippen molar-refractivity contribution in [3.8, 4) is 11.5 Å². The smallest absolute Gasteiger partial charge is 0.186 e. The first-order chi connectivity index (χ1) is 11.6. The maximum Gasteiger partial charge on any atom is 0.186 e. The Labute approximate surface area is 162 Å². The molecule has 3 aromatic carbocycles. The summed E-state index contributed by atoms with van der Waals surface area (Å²) < 4.78 is 5.78. The van der Waals surface area contributed by atoms with Crippen LogP contribution in [0.1, 0.15) is 21.5 Å². The largest absolute Gasteiger partial charge is 0.457 e. The maximum atomic E-state index is 12.6. The van der Waals surface area contributed by atoms with Gasteiger partial charge in [-0.1, -0.05) is 48.5 Å². The van der Waals surface area contributed by atoms with Crippen molar-refractivity contribution in [1.29, 1.82) is 0 Å². The van der Waals surface area contributed by atoms with Gasteiger partial charge >= 0.3 is 0 Å². The Morgan fingerprint density at radius 2 is 1.32 bits per heavy atom. The van der Waals surface area contributed by atoms with Gasteiger partial charge in [-0.25, -0.2) is 0 Å². The molecule has 0 N–H and O–H groups in total. The third-order valence-corrected chi connectivity index (χ3v) is 4.90. The molecule has 121 valence electrons. The van der Waals surface area contributed by atoms with Crippen molar-refractivity contribution in [3.05, 3.63) is 89.5 Å². The zero-order valence-electron chi connectivity index (χ0n) is 14.7. The molecule has 0 fully saturated rings. The van der Waals surface area contributed by atoms with Crippen molar-refractivity contribution in [2.75, 3.05) is 0 Å². The molecule has 1 atom stereocenters. The molecule has 1 unspecified atom stereocenters. The average Bonchev–Trinajstić information content (AvgIpc) is 2.57. The Balaban J connectivity index is 0.00000225. The number of carbonyl (C=O) groups is 1. The average molecular weight is 341 g/mol. The zero-order chi connectivity index (χ0) is 16.9. The first kappa shape index (κ1) is 19.5. The monoisotopic (exact) mass is 341 g/mol. The van der Waals surface area contributed by atoms with Crippen molar-refractivity contribution < 1.29 is 9.53 Å². The van der Waals surface area contributed by atoms with Gasteiger partial charge in [0.15, 0.2) is 5.52 Å². The van der Waals surface area contributed by atoms with Gasteiger partial charge in [0.05, 0.1) is 0 Å². The summed E-state index contributed by atoms with van der Waals surface area (Å²) in [4.78, 5) is 12.6. The molecule has 4 heteroatoms. The van der Waals surface area contributed by atoms with E-state index in [1.54, 1.807) is 0 Å². The van der Waals surface area contributed by atoms with E-state index in [-0.39, 0.29) is 33.0 Å². The fourth-order valence-corrected chi connectivity index (χ4v) is 3.71. The number of ether oxygens (including phenoxy) is 1. The SMILES string of the molecule is Cc1cccc(C)c1C(=O)Pc1ccc(Oc2ccccc2)cc1.[Li]. The van der Waals surface area contributed by atoms with E-state index in [1.807, 2.05) is 86.6 Å². The molecule has 3 rings (SSSR count). The molecule has 3 aromatic rings. The van der Waals surface area contributed by atoms with Crippen LogP contribution in [0.3, 0.4) is 0 Å². The van der Waals surface area contributed by atoms with Crippen molar-refractivity contribution >= 4 is 38.3 Å². The summed E-state index contributed by atoms with van der Waals surface area (Å²) in [5.74, 6) is 1.58. The van der Waals surface area contributed by atoms with Crippen molar-refractivity contribution in [1.82, 2.24) is 0 Å². The van der Waals surface area contributed by atoms with Gasteiger partial charge in [-0.15, -0.1) is 0 Å². The second kappa shape index (κ2) is 9.02. The van der Waals surface area contributed by atoms with Gasteiger partial charge in [-0.2, -0.15) is 0 Å². The van der Waals surface area contributed by atoms with E-state index in [0.717, 1.165) is 33.5 Å². The third-order valence-electron chi connectivity index (χ3n) is 3.80. The molecule has 0 saturated carbocycles. The van der Waals surface area contributed by atoms with Gasteiger partial charge in [0.1, 0.15) is 11.5 Å². The second-order valence-corrected chi connectivity index (χ2v) is 6.94. The van der Waals surface area contributed by atoms with E-state index >= 15 is 0 Å². The van der Waals surface area contributed by atoms with Crippen LogP contribution in [-0.4, -0.2) is 24.4 Å². The molecule has 0 aliphatic rings. The Morgan fingerprint density at radius 1 is 0.760 bits per heavy atom. The summed E-state index contributed by atoms with van der Waals surface area (Å²) in [7, 11) is 0.118. The molecule has 0 aliphatic carbocycles. The quantitative estimate of drug-likeness (QED) is 0.489. The number of carbonyl (C=O) groups excluding carboxylic acids is 1. The van der Waals surface area contributed by atoms with E-state index in [0.29, 0.717) is 0 Å². The van der Waals surface area contributed by atoms with Crippen LogP contribution in [0.5, 0.6) is 11.5 Å². The van der Waals surface area contributed by atoms with Crippen LogP contribution in [0, 0.1) is 13.8 Å². The maximum absolute atomic E-state index is 12.6. The Morgan fingerprint density at radius 3 is 1.92 bits per heavy atom.